The van der Waals surface area contributed by atoms with E-state index in [-0.39, 0.29) is 11.9 Å². The van der Waals surface area contributed by atoms with Crippen LogP contribution < -0.4 is 16.0 Å². The summed E-state index contributed by atoms with van der Waals surface area (Å²) < 4.78 is 0. The molecule has 0 saturated carbocycles. The van der Waals surface area contributed by atoms with E-state index in [0.717, 1.165) is 10.7 Å². The quantitative estimate of drug-likeness (QED) is 0.695. The molecular formula is C10H14N4O2S. The Hall–Kier alpha value is -1.63. The standard InChI is InChI=1S/C10H14N4O2S/c1-6-13-7(5-17-6)2-3-11-9(15)8-4-12-10(16)14-8/h5,8H,2-4H2,1H3,(H,11,15)(H2,12,14,16)/t8-/m1/s1. The van der Waals surface area contributed by atoms with E-state index in [1.807, 2.05) is 12.3 Å². The Morgan fingerprint density at radius 2 is 2.53 bits per heavy atom. The number of nitrogens with zero attached hydrogens (tertiary/aromatic N) is 1. The van der Waals surface area contributed by atoms with Gasteiger partial charge in [0, 0.05) is 24.9 Å². The average Bonchev–Trinajstić information content (AvgIpc) is 2.88. The molecular weight excluding hydrogens is 240 g/mol. The first kappa shape index (κ1) is 11.8. The van der Waals surface area contributed by atoms with Crippen LogP contribution in [0, 0.1) is 6.92 Å². The SMILES string of the molecule is Cc1nc(CCNC(=O)[C@H]2CNC(=O)N2)cs1. The first-order chi connectivity index (χ1) is 8.15. The smallest absolute Gasteiger partial charge is 0.315 e. The van der Waals surface area contributed by atoms with E-state index >= 15 is 0 Å². The summed E-state index contributed by atoms with van der Waals surface area (Å²) in [7, 11) is 0. The summed E-state index contributed by atoms with van der Waals surface area (Å²) in [6, 6.07) is -0.750. The minimum Gasteiger partial charge on any atom is -0.354 e. The molecule has 2 rings (SSSR count). The lowest BCUT2D eigenvalue weighted by Crippen LogP contribution is -2.43. The summed E-state index contributed by atoms with van der Waals surface area (Å²) in [5.74, 6) is -0.157. The third-order valence-electron chi connectivity index (χ3n) is 2.44. The second kappa shape index (κ2) is 5.13. The minimum atomic E-state index is -0.459. The van der Waals surface area contributed by atoms with Crippen LogP contribution in [0.25, 0.3) is 0 Å². The monoisotopic (exact) mass is 254 g/mol. The molecule has 3 amide bonds. The van der Waals surface area contributed by atoms with Crippen LogP contribution in [0.5, 0.6) is 0 Å². The summed E-state index contributed by atoms with van der Waals surface area (Å²) in [5, 5.41) is 10.9. The van der Waals surface area contributed by atoms with Crippen LogP contribution in [0.4, 0.5) is 4.79 Å². The summed E-state index contributed by atoms with van der Waals surface area (Å²) in [4.78, 5) is 26.8. The highest BCUT2D eigenvalue weighted by molar-refractivity contribution is 7.09. The van der Waals surface area contributed by atoms with Crippen molar-refractivity contribution in [2.75, 3.05) is 13.1 Å². The summed E-state index contributed by atoms with van der Waals surface area (Å²) >= 11 is 1.60. The van der Waals surface area contributed by atoms with Crippen molar-refractivity contribution in [2.24, 2.45) is 0 Å². The topological polar surface area (TPSA) is 83.1 Å². The van der Waals surface area contributed by atoms with Crippen molar-refractivity contribution in [3.63, 3.8) is 0 Å². The van der Waals surface area contributed by atoms with Crippen molar-refractivity contribution < 1.29 is 9.59 Å². The van der Waals surface area contributed by atoms with Crippen LogP contribution >= 0.6 is 11.3 Å². The van der Waals surface area contributed by atoms with E-state index in [1.54, 1.807) is 11.3 Å². The molecule has 0 spiro atoms. The molecule has 1 saturated heterocycles. The largest absolute Gasteiger partial charge is 0.354 e. The molecule has 1 atom stereocenters. The van der Waals surface area contributed by atoms with Gasteiger partial charge in [-0.2, -0.15) is 0 Å². The van der Waals surface area contributed by atoms with Crippen LogP contribution in [0.1, 0.15) is 10.7 Å². The van der Waals surface area contributed by atoms with Crippen LogP contribution in [0.2, 0.25) is 0 Å². The maximum atomic E-state index is 11.6. The molecule has 0 bridgehead atoms. The van der Waals surface area contributed by atoms with Gasteiger partial charge in [-0.25, -0.2) is 9.78 Å². The van der Waals surface area contributed by atoms with Crippen LogP contribution in [-0.2, 0) is 11.2 Å². The predicted octanol–water partition coefficient (Wildman–Crippen LogP) is -0.208. The molecule has 0 radical (unpaired) electrons. The second-order valence-electron chi connectivity index (χ2n) is 3.81. The lowest BCUT2D eigenvalue weighted by Gasteiger charge is -2.08. The number of rotatable bonds is 4. The van der Waals surface area contributed by atoms with Gasteiger partial charge in [-0.05, 0) is 6.92 Å². The van der Waals surface area contributed by atoms with Gasteiger partial charge >= 0.3 is 6.03 Å². The van der Waals surface area contributed by atoms with Gasteiger partial charge < -0.3 is 16.0 Å². The summed E-state index contributed by atoms with van der Waals surface area (Å²) in [5.41, 5.74) is 0.987. The highest BCUT2D eigenvalue weighted by atomic mass is 32.1. The molecule has 3 N–H and O–H groups in total. The molecule has 0 aliphatic carbocycles. The number of nitrogens with one attached hydrogen (secondary N) is 3. The number of carbonyl (C=O) groups is 2. The molecule has 7 heteroatoms. The van der Waals surface area contributed by atoms with Gasteiger partial charge in [-0.3, -0.25) is 4.79 Å². The number of aromatic nitrogens is 1. The average molecular weight is 254 g/mol. The third-order valence-corrected chi connectivity index (χ3v) is 3.26. The van der Waals surface area contributed by atoms with Crippen LogP contribution in [-0.4, -0.2) is 36.1 Å². The molecule has 1 fully saturated rings. The van der Waals surface area contributed by atoms with Crippen molar-refractivity contribution >= 4 is 23.3 Å². The molecule has 6 nitrogen and oxygen atoms in total. The number of thiazole rings is 1. The Bertz CT molecular complexity index is 432. The Labute approximate surface area is 103 Å². The third kappa shape index (κ3) is 3.16. The van der Waals surface area contributed by atoms with Crippen molar-refractivity contribution in [1.29, 1.82) is 0 Å². The van der Waals surface area contributed by atoms with Crippen molar-refractivity contribution in [3.8, 4) is 0 Å². The number of urea groups is 1. The molecule has 17 heavy (non-hydrogen) atoms. The van der Waals surface area contributed by atoms with Crippen LogP contribution in [0.15, 0.2) is 5.38 Å². The Morgan fingerprint density at radius 1 is 1.71 bits per heavy atom. The van der Waals surface area contributed by atoms with Gasteiger partial charge in [-0.15, -0.1) is 11.3 Å². The summed E-state index contributed by atoms with van der Waals surface area (Å²) in [6.45, 7) is 2.83. The highest BCUT2D eigenvalue weighted by Gasteiger charge is 2.26. The first-order valence-electron chi connectivity index (χ1n) is 5.38. The predicted molar refractivity (Wildman–Crippen MR) is 63.9 cm³/mol. The van der Waals surface area contributed by atoms with Gasteiger partial charge in [0.05, 0.1) is 10.7 Å². The van der Waals surface area contributed by atoms with Gasteiger partial charge in [0.25, 0.3) is 0 Å². The lowest BCUT2D eigenvalue weighted by atomic mass is 10.3. The van der Waals surface area contributed by atoms with Crippen molar-refractivity contribution in [2.45, 2.75) is 19.4 Å². The van der Waals surface area contributed by atoms with E-state index in [9.17, 15) is 9.59 Å². The van der Waals surface area contributed by atoms with E-state index < -0.39 is 6.04 Å². The van der Waals surface area contributed by atoms with E-state index in [2.05, 4.69) is 20.9 Å². The van der Waals surface area contributed by atoms with E-state index in [0.29, 0.717) is 19.5 Å². The second-order valence-corrected chi connectivity index (χ2v) is 4.87. The number of carbonyl (C=O) groups excluding carboxylic acids is 2. The fraction of sp³-hybridized carbons (Fsp3) is 0.500. The number of aryl methyl sites for hydroxylation is 1. The molecule has 0 unspecified atom stereocenters. The minimum absolute atomic E-state index is 0.157. The number of hydrogen-bond acceptors (Lipinski definition) is 4. The Kier molecular flexibility index (Phi) is 3.58. The molecule has 1 aliphatic rings. The molecule has 1 aliphatic heterocycles. The van der Waals surface area contributed by atoms with Crippen molar-refractivity contribution in [1.82, 2.24) is 20.9 Å². The zero-order chi connectivity index (χ0) is 12.3. The van der Waals surface area contributed by atoms with Crippen LogP contribution in [0.3, 0.4) is 0 Å². The molecule has 1 aromatic rings. The van der Waals surface area contributed by atoms with Gasteiger partial charge in [0.1, 0.15) is 6.04 Å². The zero-order valence-corrected chi connectivity index (χ0v) is 10.3. The van der Waals surface area contributed by atoms with E-state index in [4.69, 9.17) is 0 Å². The normalized spacial score (nSPS) is 18.6. The van der Waals surface area contributed by atoms with Gasteiger partial charge in [-0.1, -0.05) is 0 Å². The zero-order valence-electron chi connectivity index (χ0n) is 9.45. The number of hydrogen-bond donors (Lipinski definition) is 3. The summed E-state index contributed by atoms with van der Waals surface area (Å²) in [6.07, 6.45) is 0.712. The molecule has 92 valence electrons. The van der Waals surface area contributed by atoms with Gasteiger partial charge in [0.2, 0.25) is 5.91 Å². The highest BCUT2D eigenvalue weighted by Crippen LogP contribution is 2.07. The molecule has 0 aromatic carbocycles. The maximum Gasteiger partial charge on any atom is 0.315 e. The maximum absolute atomic E-state index is 11.6. The fourth-order valence-electron chi connectivity index (χ4n) is 1.57. The van der Waals surface area contributed by atoms with E-state index in [1.165, 1.54) is 0 Å². The lowest BCUT2D eigenvalue weighted by molar-refractivity contribution is -0.122. The Balaban J connectivity index is 1.71. The first-order valence-corrected chi connectivity index (χ1v) is 6.26. The molecule has 2 heterocycles. The van der Waals surface area contributed by atoms with Crippen molar-refractivity contribution in [3.05, 3.63) is 16.1 Å². The molecule has 1 aromatic heterocycles. The Morgan fingerprint density at radius 3 is 3.12 bits per heavy atom. The van der Waals surface area contributed by atoms with Gasteiger partial charge in [0.15, 0.2) is 0 Å². The number of amides is 3. The fourth-order valence-corrected chi connectivity index (χ4v) is 2.22.